The number of methoxy groups -OCH3 is 2. The van der Waals surface area contributed by atoms with E-state index >= 15 is 0 Å². The van der Waals surface area contributed by atoms with Crippen molar-refractivity contribution in [3.05, 3.63) is 23.3 Å². The zero-order valence-corrected chi connectivity index (χ0v) is 11.3. The van der Waals surface area contributed by atoms with Crippen LogP contribution in [0.4, 0.5) is 0 Å². The molecule has 0 aliphatic carbocycles. The number of nitrogens with zero attached hydrogens (tertiary/aromatic N) is 1. The van der Waals surface area contributed by atoms with Crippen LogP contribution >= 0.6 is 0 Å². The van der Waals surface area contributed by atoms with Crippen molar-refractivity contribution in [1.82, 2.24) is 0 Å². The maximum atomic E-state index is 10.2. The van der Waals surface area contributed by atoms with Crippen molar-refractivity contribution in [2.75, 3.05) is 20.8 Å². The zero-order chi connectivity index (χ0) is 13.3. The van der Waals surface area contributed by atoms with Gasteiger partial charge in [-0.1, -0.05) is 0 Å². The smallest absolute Gasteiger partial charge is 0.161 e. The summed E-state index contributed by atoms with van der Waals surface area (Å²) in [5.74, 6) is 1.38. The van der Waals surface area contributed by atoms with E-state index < -0.39 is 5.60 Å². The zero-order valence-electron chi connectivity index (χ0n) is 11.3. The Hall–Kier alpha value is -1.55. The summed E-state index contributed by atoms with van der Waals surface area (Å²) in [7, 11) is 3.23. The Morgan fingerprint density at radius 3 is 2.33 bits per heavy atom. The Bertz CT molecular complexity index is 487. The third-order valence-corrected chi connectivity index (χ3v) is 3.10. The second kappa shape index (κ2) is 4.61. The minimum Gasteiger partial charge on any atom is -0.493 e. The highest BCUT2D eigenvalue weighted by molar-refractivity contribution is 6.08. The highest BCUT2D eigenvalue weighted by Crippen LogP contribution is 2.34. The van der Waals surface area contributed by atoms with E-state index in [0.29, 0.717) is 23.8 Å². The Morgan fingerprint density at radius 2 is 1.78 bits per heavy atom. The van der Waals surface area contributed by atoms with Crippen molar-refractivity contribution in [2.45, 2.75) is 25.9 Å². The van der Waals surface area contributed by atoms with E-state index in [0.717, 1.165) is 17.5 Å². The van der Waals surface area contributed by atoms with E-state index in [1.54, 1.807) is 28.1 Å². The summed E-state index contributed by atoms with van der Waals surface area (Å²) >= 11 is 0. The van der Waals surface area contributed by atoms with Crippen LogP contribution in [0.15, 0.2) is 17.1 Å². The fourth-order valence-electron chi connectivity index (χ4n) is 2.24. The molecule has 1 aromatic carbocycles. The number of ether oxygens (including phenoxy) is 2. The third-order valence-electron chi connectivity index (χ3n) is 3.10. The van der Waals surface area contributed by atoms with E-state index in [-0.39, 0.29) is 0 Å². The molecule has 4 nitrogen and oxygen atoms in total. The Labute approximate surface area is 107 Å². The summed E-state index contributed by atoms with van der Waals surface area (Å²) in [5.41, 5.74) is 1.85. The summed E-state index contributed by atoms with van der Waals surface area (Å²) in [4.78, 5) is 4.44. The van der Waals surface area contributed by atoms with Gasteiger partial charge in [0.15, 0.2) is 11.5 Å². The molecule has 0 saturated heterocycles. The van der Waals surface area contributed by atoms with E-state index in [9.17, 15) is 5.11 Å². The lowest BCUT2D eigenvalue weighted by molar-refractivity contribution is 0.154. The molecule has 1 aliphatic heterocycles. The first-order valence-corrected chi connectivity index (χ1v) is 6.00. The molecule has 0 bridgehead atoms. The van der Waals surface area contributed by atoms with Crippen LogP contribution in [0.5, 0.6) is 11.5 Å². The van der Waals surface area contributed by atoms with E-state index in [4.69, 9.17) is 9.47 Å². The highest BCUT2D eigenvalue weighted by Gasteiger charge is 2.28. The molecule has 0 aromatic heterocycles. The predicted molar refractivity (Wildman–Crippen MR) is 71.0 cm³/mol. The molecule has 0 unspecified atom stereocenters. The van der Waals surface area contributed by atoms with E-state index in [1.165, 1.54) is 0 Å². The van der Waals surface area contributed by atoms with E-state index in [1.807, 2.05) is 12.1 Å². The van der Waals surface area contributed by atoms with Gasteiger partial charge in [-0.3, -0.25) is 4.99 Å². The largest absolute Gasteiger partial charge is 0.493 e. The van der Waals surface area contributed by atoms with Gasteiger partial charge in [0.25, 0.3) is 0 Å². The molecule has 1 heterocycles. The third kappa shape index (κ3) is 2.20. The first-order chi connectivity index (χ1) is 8.47. The fraction of sp³-hybridized carbons (Fsp3) is 0.500. The second-order valence-corrected chi connectivity index (χ2v) is 4.90. The van der Waals surface area contributed by atoms with Crippen molar-refractivity contribution in [1.29, 1.82) is 0 Å². The molecule has 0 saturated carbocycles. The number of hydrogen-bond donors (Lipinski definition) is 1. The molecule has 0 fully saturated rings. The molecule has 0 atom stereocenters. The number of aliphatic hydroxyl groups is 1. The predicted octanol–water partition coefficient (Wildman–Crippen LogP) is 1.82. The average molecular weight is 249 g/mol. The number of aliphatic imine (C=N–C) groups is 1. The van der Waals surface area contributed by atoms with Crippen LogP contribution in [-0.4, -0.2) is 37.2 Å². The van der Waals surface area contributed by atoms with Gasteiger partial charge in [-0.25, -0.2) is 0 Å². The van der Waals surface area contributed by atoms with Gasteiger partial charge in [0.2, 0.25) is 0 Å². The molecule has 1 aromatic rings. The van der Waals surface area contributed by atoms with Gasteiger partial charge in [-0.05, 0) is 38.0 Å². The Kier molecular flexibility index (Phi) is 3.30. The minimum absolute atomic E-state index is 0.662. The number of hydrogen-bond acceptors (Lipinski definition) is 4. The van der Waals surface area contributed by atoms with Gasteiger partial charge >= 0.3 is 0 Å². The molecule has 0 amide bonds. The fourth-order valence-corrected chi connectivity index (χ4v) is 2.24. The standard InChI is InChI=1S/C14H19NO3/c1-14(2,16)13-10-8-12(18-4)11(17-3)7-9(10)5-6-15-13/h7-8,16H,5-6H2,1-4H3. The van der Waals surface area contributed by atoms with Crippen LogP contribution in [0, 0.1) is 0 Å². The molecule has 4 heteroatoms. The van der Waals surface area contributed by atoms with E-state index in [2.05, 4.69) is 4.99 Å². The summed E-state index contributed by atoms with van der Waals surface area (Å²) in [5, 5.41) is 10.2. The SMILES string of the molecule is COc1cc2c(cc1OC)C(C(C)(C)O)=NCC2. The molecule has 0 spiro atoms. The summed E-state index contributed by atoms with van der Waals surface area (Å²) < 4.78 is 10.6. The lowest BCUT2D eigenvalue weighted by Crippen LogP contribution is -2.35. The average Bonchev–Trinajstić information content (AvgIpc) is 2.35. The van der Waals surface area contributed by atoms with Crippen LogP contribution in [0.25, 0.3) is 0 Å². The second-order valence-electron chi connectivity index (χ2n) is 4.90. The molecule has 2 rings (SSSR count). The molecule has 98 valence electrons. The molecular weight excluding hydrogens is 230 g/mol. The van der Waals surface area contributed by atoms with Gasteiger partial charge in [0.1, 0.15) is 5.60 Å². The van der Waals surface area contributed by atoms with Crippen molar-refractivity contribution in [2.24, 2.45) is 4.99 Å². The molecular formula is C14H19NO3. The lowest BCUT2D eigenvalue weighted by atomic mass is 9.88. The maximum Gasteiger partial charge on any atom is 0.161 e. The van der Waals surface area contributed by atoms with Crippen LogP contribution < -0.4 is 9.47 Å². The topological polar surface area (TPSA) is 51.0 Å². The molecule has 1 N–H and O–H groups in total. The normalized spacial score (nSPS) is 14.8. The minimum atomic E-state index is -0.950. The first-order valence-electron chi connectivity index (χ1n) is 6.00. The lowest BCUT2D eigenvalue weighted by Gasteiger charge is -2.26. The van der Waals surface area contributed by atoms with Crippen molar-refractivity contribution < 1.29 is 14.6 Å². The van der Waals surface area contributed by atoms with Crippen molar-refractivity contribution in [3.8, 4) is 11.5 Å². The van der Waals surface area contributed by atoms with Crippen LogP contribution in [0.3, 0.4) is 0 Å². The quantitative estimate of drug-likeness (QED) is 0.889. The molecule has 1 aliphatic rings. The maximum absolute atomic E-state index is 10.2. The van der Waals surface area contributed by atoms with Crippen LogP contribution in [-0.2, 0) is 6.42 Å². The van der Waals surface area contributed by atoms with Gasteiger partial charge in [-0.2, -0.15) is 0 Å². The first kappa shape index (κ1) is 12.9. The number of rotatable bonds is 3. The summed E-state index contributed by atoms with van der Waals surface area (Å²) in [6.45, 7) is 4.19. The Balaban J connectivity index is 2.57. The van der Waals surface area contributed by atoms with Crippen molar-refractivity contribution in [3.63, 3.8) is 0 Å². The van der Waals surface area contributed by atoms with Gasteiger partial charge in [0, 0.05) is 12.1 Å². The number of fused-ring (bicyclic) bond motifs is 1. The van der Waals surface area contributed by atoms with Crippen molar-refractivity contribution >= 4 is 5.71 Å². The van der Waals surface area contributed by atoms with Crippen LogP contribution in [0.1, 0.15) is 25.0 Å². The number of benzene rings is 1. The highest BCUT2D eigenvalue weighted by atomic mass is 16.5. The van der Waals surface area contributed by atoms with Crippen LogP contribution in [0.2, 0.25) is 0 Å². The molecule has 18 heavy (non-hydrogen) atoms. The van der Waals surface area contributed by atoms with Gasteiger partial charge in [-0.15, -0.1) is 0 Å². The Morgan fingerprint density at radius 1 is 1.17 bits per heavy atom. The summed E-state index contributed by atoms with van der Waals surface area (Å²) in [6, 6.07) is 3.86. The van der Waals surface area contributed by atoms with Gasteiger partial charge in [0.05, 0.1) is 19.9 Å². The summed E-state index contributed by atoms with van der Waals surface area (Å²) in [6.07, 6.45) is 0.856. The molecule has 0 radical (unpaired) electrons. The monoisotopic (exact) mass is 249 g/mol. The van der Waals surface area contributed by atoms with Gasteiger partial charge < -0.3 is 14.6 Å².